The summed E-state index contributed by atoms with van der Waals surface area (Å²) in [5.74, 6) is -0.134. The monoisotopic (exact) mass is 477 g/mol. The molecule has 0 aliphatic carbocycles. The van der Waals surface area contributed by atoms with Crippen LogP contribution in [0.2, 0.25) is 0 Å². The van der Waals surface area contributed by atoms with Crippen molar-refractivity contribution in [2.75, 3.05) is 11.9 Å². The number of thiazole rings is 1. The van der Waals surface area contributed by atoms with Gasteiger partial charge in [0, 0.05) is 28.5 Å². The van der Waals surface area contributed by atoms with Crippen molar-refractivity contribution in [3.63, 3.8) is 0 Å². The van der Waals surface area contributed by atoms with E-state index in [0.29, 0.717) is 10.8 Å². The Labute approximate surface area is 197 Å². The van der Waals surface area contributed by atoms with Crippen LogP contribution in [-0.4, -0.2) is 16.6 Å². The lowest BCUT2D eigenvalue weighted by atomic mass is 10.1. The molecule has 0 bridgehead atoms. The molecule has 3 aromatic rings. The van der Waals surface area contributed by atoms with E-state index in [-0.39, 0.29) is 12.4 Å². The number of unbranched alkanes of at least 4 members (excludes halogenated alkanes) is 6. The fraction of sp³-hybridized carbons (Fsp3) is 0.440. The SMILES string of the molecule is CCCCCCCCCOc1ccc(Nc2nc(-c3cccnc3)c(C)s2)cc1C(F)(F)F. The van der Waals surface area contributed by atoms with Crippen molar-refractivity contribution in [2.45, 2.75) is 65.0 Å². The Morgan fingerprint density at radius 3 is 2.48 bits per heavy atom. The number of pyridine rings is 1. The van der Waals surface area contributed by atoms with Gasteiger partial charge in [-0.25, -0.2) is 4.98 Å². The standard InChI is InChI=1S/C25H30F3N3OS/c1-3-4-5-6-7-8-9-15-32-22-13-12-20(16-21(22)25(26,27)28)30-24-31-23(18(2)33-24)19-11-10-14-29-17-19/h10-14,16-17H,3-9,15H2,1-2H3,(H,30,31). The Bertz CT molecular complexity index is 1010. The molecule has 0 aliphatic heterocycles. The van der Waals surface area contributed by atoms with Crippen molar-refractivity contribution in [2.24, 2.45) is 0 Å². The van der Waals surface area contributed by atoms with Crippen molar-refractivity contribution in [3.8, 4) is 17.0 Å². The quantitative estimate of drug-likeness (QED) is 0.266. The van der Waals surface area contributed by atoms with E-state index in [1.807, 2.05) is 19.1 Å². The summed E-state index contributed by atoms with van der Waals surface area (Å²) in [6, 6.07) is 7.78. The molecule has 0 unspecified atom stereocenters. The average Bonchev–Trinajstić information content (AvgIpc) is 3.16. The molecular weight excluding hydrogens is 447 g/mol. The average molecular weight is 478 g/mol. The van der Waals surface area contributed by atoms with Crippen LogP contribution in [-0.2, 0) is 6.18 Å². The first-order valence-electron chi connectivity index (χ1n) is 11.4. The van der Waals surface area contributed by atoms with E-state index >= 15 is 0 Å². The first kappa shape index (κ1) is 25.0. The number of hydrogen-bond acceptors (Lipinski definition) is 5. The molecule has 0 saturated heterocycles. The lowest BCUT2D eigenvalue weighted by Gasteiger charge is -2.15. The fourth-order valence-electron chi connectivity index (χ4n) is 3.54. The summed E-state index contributed by atoms with van der Waals surface area (Å²) in [5.41, 5.74) is 1.17. The second-order valence-electron chi connectivity index (χ2n) is 7.97. The number of nitrogens with zero attached hydrogens (tertiary/aromatic N) is 2. The molecule has 33 heavy (non-hydrogen) atoms. The zero-order valence-electron chi connectivity index (χ0n) is 19.0. The van der Waals surface area contributed by atoms with Gasteiger partial charge >= 0.3 is 6.18 Å². The summed E-state index contributed by atoms with van der Waals surface area (Å²) < 4.78 is 46.5. The molecule has 2 heterocycles. The third-order valence-corrected chi connectivity index (χ3v) is 6.16. The second-order valence-corrected chi connectivity index (χ2v) is 9.17. The molecule has 0 atom stereocenters. The molecule has 0 fully saturated rings. The molecule has 1 aromatic carbocycles. The van der Waals surface area contributed by atoms with Gasteiger partial charge in [-0.2, -0.15) is 13.2 Å². The van der Waals surface area contributed by atoms with Crippen molar-refractivity contribution >= 4 is 22.2 Å². The van der Waals surface area contributed by atoms with E-state index in [0.717, 1.165) is 41.5 Å². The van der Waals surface area contributed by atoms with Crippen LogP contribution in [0.15, 0.2) is 42.7 Å². The second kappa shape index (κ2) is 12.0. The van der Waals surface area contributed by atoms with Gasteiger partial charge in [0.1, 0.15) is 5.75 Å². The summed E-state index contributed by atoms with van der Waals surface area (Å²) in [6.45, 7) is 4.38. The number of benzene rings is 1. The molecule has 2 aromatic heterocycles. The van der Waals surface area contributed by atoms with Gasteiger partial charge < -0.3 is 10.1 Å². The summed E-state index contributed by atoms with van der Waals surface area (Å²) in [7, 11) is 0. The number of halogens is 3. The molecule has 3 rings (SSSR count). The number of nitrogens with one attached hydrogen (secondary N) is 1. The van der Waals surface area contributed by atoms with Gasteiger partial charge in [-0.3, -0.25) is 4.98 Å². The maximum Gasteiger partial charge on any atom is 0.420 e. The molecule has 0 spiro atoms. The highest BCUT2D eigenvalue weighted by Gasteiger charge is 2.34. The van der Waals surface area contributed by atoms with Gasteiger partial charge in [0.15, 0.2) is 5.13 Å². The molecule has 0 amide bonds. The van der Waals surface area contributed by atoms with Crippen molar-refractivity contribution in [1.29, 1.82) is 0 Å². The Hall–Kier alpha value is -2.61. The van der Waals surface area contributed by atoms with E-state index in [1.165, 1.54) is 43.1 Å². The van der Waals surface area contributed by atoms with Gasteiger partial charge in [0.05, 0.1) is 17.9 Å². The highest BCUT2D eigenvalue weighted by Crippen LogP contribution is 2.39. The lowest BCUT2D eigenvalue weighted by molar-refractivity contribution is -0.138. The van der Waals surface area contributed by atoms with Crippen LogP contribution >= 0.6 is 11.3 Å². The number of anilines is 2. The molecule has 178 valence electrons. The van der Waals surface area contributed by atoms with Gasteiger partial charge in [0.2, 0.25) is 0 Å². The molecule has 0 saturated carbocycles. The van der Waals surface area contributed by atoms with Crippen LogP contribution in [0.1, 0.15) is 62.3 Å². The molecule has 0 radical (unpaired) electrons. The zero-order chi connectivity index (χ0) is 23.7. The van der Waals surface area contributed by atoms with Gasteiger partial charge in [-0.15, -0.1) is 11.3 Å². The number of aromatic nitrogens is 2. The summed E-state index contributed by atoms with van der Waals surface area (Å²) in [5, 5.41) is 3.53. The predicted octanol–water partition coefficient (Wildman–Crippen LogP) is 8.41. The maximum absolute atomic E-state index is 13.7. The first-order chi connectivity index (χ1) is 15.9. The molecule has 8 heteroatoms. The topological polar surface area (TPSA) is 47.0 Å². The first-order valence-corrected chi connectivity index (χ1v) is 12.2. The minimum absolute atomic E-state index is 0.134. The minimum atomic E-state index is -4.51. The Morgan fingerprint density at radius 1 is 1.03 bits per heavy atom. The number of ether oxygens (including phenoxy) is 1. The van der Waals surface area contributed by atoms with Crippen LogP contribution in [0.5, 0.6) is 5.75 Å². The van der Waals surface area contributed by atoms with Crippen LogP contribution in [0.25, 0.3) is 11.3 Å². The molecular formula is C25H30F3N3OS. The predicted molar refractivity (Wildman–Crippen MR) is 128 cm³/mol. The molecule has 0 aliphatic rings. The fourth-order valence-corrected chi connectivity index (χ4v) is 4.40. The number of rotatable bonds is 12. The van der Waals surface area contributed by atoms with Crippen molar-refractivity contribution in [1.82, 2.24) is 9.97 Å². The number of alkyl halides is 3. The number of aryl methyl sites for hydroxylation is 1. The third kappa shape index (κ3) is 7.45. The minimum Gasteiger partial charge on any atom is -0.493 e. The Kier molecular flexibility index (Phi) is 9.11. The van der Waals surface area contributed by atoms with E-state index in [9.17, 15) is 13.2 Å². The van der Waals surface area contributed by atoms with E-state index in [4.69, 9.17) is 4.74 Å². The maximum atomic E-state index is 13.7. The van der Waals surface area contributed by atoms with Crippen LogP contribution in [0.4, 0.5) is 24.0 Å². The third-order valence-electron chi connectivity index (χ3n) is 5.27. The smallest absolute Gasteiger partial charge is 0.420 e. The zero-order valence-corrected chi connectivity index (χ0v) is 19.9. The highest BCUT2D eigenvalue weighted by atomic mass is 32.1. The largest absolute Gasteiger partial charge is 0.493 e. The molecule has 4 nitrogen and oxygen atoms in total. The van der Waals surface area contributed by atoms with E-state index in [2.05, 4.69) is 22.2 Å². The van der Waals surface area contributed by atoms with Gasteiger partial charge in [-0.05, 0) is 43.7 Å². The van der Waals surface area contributed by atoms with E-state index in [1.54, 1.807) is 18.5 Å². The van der Waals surface area contributed by atoms with E-state index < -0.39 is 11.7 Å². The number of hydrogen-bond donors (Lipinski definition) is 1. The lowest BCUT2D eigenvalue weighted by Crippen LogP contribution is -2.10. The summed E-state index contributed by atoms with van der Waals surface area (Å²) in [4.78, 5) is 9.60. The van der Waals surface area contributed by atoms with Crippen LogP contribution in [0, 0.1) is 6.92 Å². The van der Waals surface area contributed by atoms with Gasteiger partial charge in [0.25, 0.3) is 0 Å². The highest BCUT2D eigenvalue weighted by molar-refractivity contribution is 7.16. The van der Waals surface area contributed by atoms with Crippen LogP contribution in [0.3, 0.4) is 0 Å². The Balaban J connectivity index is 1.64. The normalized spacial score (nSPS) is 11.5. The van der Waals surface area contributed by atoms with Crippen molar-refractivity contribution < 1.29 is 17.9 Å². The van der Waals surface area contributed by atoms with Crippen LogP contribution < -0.4 is 10.1 Å². The Morgan fingerprint density at radius 2 is 1.79 bits per heavy atom. The summed E-state index contributed by atoms with van der Waals surface area (Å²) in [6.07, 6.45) is 6.50. The summed E-state index contributed by atoms with van der Waals surface area (Å²) >= 11 is 1.39. The molecule has 1 N–H and O–H groups in total. The van der Waals surface area contributed by atoms with Gasteiger partial charge in [-0.1, -0.05) is 45.4 Å². The van der Waals surface area contributed by atoms with Crippen molar-refractivity contribution in [3.05, 3.63) is 53.2 Å².